The molecule has 224 valence electrons. The van der Waals surface area contributed by atoms with Crippen molar-refractivity contribution in [3.8, 4) is 11.1 Å². The van der Waals surface area contributed by atoms with Crippen molar-refractivity contribution < 1.29 is 21.3 Å². The Morgan fingerprint density at radius 3 is 1.75 bits per heavy atom. The van der Waals surface area contributed by atoms with Gasteiger partial charge in [-0.15, -0.1) is 0 Å². The van der Waals surface area contributed by atoms with Gasteiger partial charge >= 0.3 is 284 Å². The molecule has 0 radical (unpaired) electrons. The molecule has 0 N–H and O–H groups in total. The fourth-order valence-corrected chi connectivity index (χ4v) is 16.0. The van der Waals surface area contributed by atoms with Gasteiger partial charge < -0.3 is 0 Å². The van der Waals surface area contributed by atoms with Gasteiger partial charge in [-0.25, -0.2) is 0 Å². The molecule has 0 aromatic heterocycles. The second kappa shape index (κ2) is 11.8. The zero-order chi connectivity index (χ0) is 31.6. The maximum absolute atomic E-state index is 6.46. The van der Waals surface area contributed by atoms with E-state index < -0.39 is 21.3 Å². The molecule has 0 heterocycles. The molecule has 0 saturated carbocycles. The minimum absolute atomic E-state index is 0.0193. The molecule has 0 atom stereocenters. The van der Waals surface area contributed by atoms with Crippen LogP contribution in [0, 0.1) is 13.8 Å². The summed E-state index contributed by atoms with van der Waals surface area (Å²) in [5.41, 5.74) is 14.4. The van der Waals surface area contributed by atoms with E-state index in [0.29, 0.717) is 0 Å². The Bertz CT molecular complexity index is 1820. The van der Waals surface area contributed by atoms with E-state index in [1.54, 1.807) is 12.1 Å². The molecule has 44 heavy (non-hydrogen) atoms. The summed E-state index contributed by atoms with van der Waals surface area (Å²) in [7, 11) is 0. The average Bonchev–Trinajstić information content (AvgIpc) is 3.59. The Morgan fingerprint density at radius 1 is 0.705 bits per heavy atom. The van der Waals surface area contributed by atoms with Crippen LogP contribution in [0.2, 0.25) is 10.0 Å². The molecule has 2 aliphatic carbocycles. The first kappa shape index (κ1) is 31.7. The number of rotatable bonds is 4. The van der Waals surface area contributed by atoms with Crippen LogP contribution in [0.5, 0.6) is 0 Å². The van der Waals surface area contributed by atoms with Crippen molar-refractivity contribution in [3.63, 3.8) is 0 Å². The van der Waals surface area contributed by atoms with E-state index in [0.717, 1.165) is 22.9 Å². The van der Waals surface area contributed by atoms with Crippen LogP contribution >= 0.6 is 23.2 Å². The van der Waals surface area contributed by atoms with Gasteiger partial charge in [-0.2, -0.15) is 0 Å². The van der Waals surface area contributed by atoms with Crippen molar-refractivity contribution in [3.05, 3.63) is 143 Å². The first-order valence-corrected chi connectivity index (χ1v) is 20.1. The molecular weight excluding hydrogens is 655 g/mol. The predicted octanol–water partition coefficient (Wildman–Crippen LogP) is 11.1. The van der Waals surface area contributed by atoms with Crippen molar-refractivity contribution in [1.82, 2.24) is 0 Å². The maximum atomic E-state index is 6.46. The van der Waals surface area contributed by atoms with Crippen LogP contribution in [-0.4, -0.2) is 3.21 Å². The van der Waals surface area contributed by atoms with E-state index in [2.05, 4.69) is 116 Å². The molecule has 0 amide bonds. The molecule has 4 aromatic rings. The van der Waals surface area contributed by atoms with Gasteiger partial charge in [0.1, 0.15) is 0 Å². The van der Waals surface area contributed by atoms with Crippen LogP contribution in [0.4, 0.5) is 0 Å². The molecule has 0 saturated heterocycles. The van der Waals surface area contributed by atoms with Crippen molar-refractivity contribution in [2.24, 2.45) is 0 Å². The summed E-state index contributed by atoms with van der Waals surface area (Å²) in [6, 6.07) is 24.6. The number of aryl methyl sites for hydroxylation is 1. The van der Waals surface area contributed by atoms with Crippen LogP contribution in [-0.2, 0) is 38.5 Å². The third kappa shape index (κ3) is 5.86. The second-order valence-electron chi connectivity index (χ2n) is 14.5. The van der Waals surface area contributed by atoms with Gasteiger partial charge in [-0.3, -0.25) is 0 Å². The number of allylic oxidation sites excluding steroid dienone is 4. The van der Waals surface area contributed by atoms with E-state index >= 15 is 0 Å². The van der Waals surface area contributed by atoms with Crippen LogP contribution < -0.4 is 3.27 Å². The van der Waals surface area contributed by atoms with Gasteiger partial charge in [0.15, 0.2) is 0 Å². The van der Waals surface area contributed by atoms with E-state index in [4.69, 9.17) is 23.2 Å². The number of halogens is 2. The van der Waals surface area contributed by atoms with E-state index in [-0.39, 0.29) is 10.8 Å². The molecule has 0 bridgehead atoms. The van der Waals surface area contributed by atoms with E-state index in [1.807, 2.05) is 24.3 Å². The fraction of sp³-hybridized carbons (Fsp3) is 0.293. The summed E-state index contributed by atoms with van der Waals surface area (Å²) in [4.78, 5) is 0. The number of hydrogen-bond acceptors (Lipinski definition) is 0. The molecule has 4 aromatic carbocycles. The molecule has 0 aliphatic heterocycles. The Kier molecular flexibility index (Phi) is 8.50. The molecule has 2 aliphatic rings. The van der Waals surface area contributed by atoms with Crippen molar-refractivity contribution in [1.29, 1.82) is 0 Å². The predicted molar refractivity (Wildman–Crippen MR) is 189 cm³/mol. The van der Waals surface area contributed by atoms with E-state index in [1.165, 1.54) is 53.3 Å². The first-order chi connectivity index (χ1) is 20.7. The van der Waals surface area contributed by atoms with Crippen molar-refractivity contribution >= 4 is 29.7 Å². The number of hydrogen-bond donors (Lipinski definition) is 0. The van der Waals surface area contributed by atoms with Crippen LogP contribution in [0.1, 0.15) is 92.5 Å². The van der Waals surface area contributed by atoms with Gasteiger partial charge in [-0.05, 0) is 0 Å². The summed E-state index contributed by atoms with van der Waals surface area (Å²) in [6.45, 7) is 18.8. The standard InChI is InChI=1S/C23H29.C13H8Cl2.C5H5.Zr/c1-14-9-16-11-17-10-15(2)21(23(6,7)8)13-19(17)18(16)12-20(14)22(3,4)5;14-12-5-1-10(2-6-12)9-11-3-7-13(15)8-4-11;1-2-4-5-3-1;/h9,12-13H,11H2,1-8H3;1-8H;1-3H,4H2;. The summed E-state index contributed by atoms with van der Waals surface area (Å²) in [5.74, 6) is 0. The van der Waals surface area contributed by atoms with Crippen molar-refractivity contribution in [2.45, 2.75) is 79.1 Å². The Morgan fingerprint density at radius 2 is 1.25 bits per heavy atom. The quantitative estimate of drug-likeness (QED) is 0.175. The minimum atomic E-state index is -2.85. The van der Waals surface area contributed by atoms with Gasteiger partial charge in [-0.1, -0.05) is 0 Å². The van der Waals surface area contributed by atoms with E-state index in [9.17, 15) is 0 Å². The average molecular weight is 697 g/mol. The summed E-state index contributed by atoms with van der Waals surface area (Å²) < 4.78 is 4.76. The number of benzene rings is 4. The Labute approximate surface area is 282 Å². The fourth-order valence-electron chi connectivity index (χ4n) is 7.31. The van der Waals surface area contributed by atoms with Crippen LogP contribution in [0.25, 0.3) is 11.1 Å². The summed E-state index contributed by atoms with van der Waals surface area (Å²) in [6.07, 6.45) is 9.06. The van der Waals surface area contributed by atoms with Crippen LogP contribution in [0.15, 0.2) is 88.2 Å². The summed E-state index contributed by atoms with van der Waals surface area (Å²) in [5, 5.41) is 1.53. The van der Waals surface area contributed by atoms with Gasteiger partial charge in [0, 0.05) is 0 Å². The molecule has 3 heteroatoms. The molecule has 0 unspecified atom stereocenters. The Balaban J connectivity index is 1.77. The van der Waals surface area contributed by atoms with Crippen LogP contribution in [0.3, 0.4) is 0 Å². The second-order valence-corrected chi connectivity index (χ2v) is 21.3. The molecule has 0 fully saturated rings. The molecule has 6 rings (SSSR count). The van der Waals surface area contributed by atoms with Crippen molar-refractivity contribution in [2.75, 3.05) is 0 Å². The summed E-state index contributed by atoms with van der Waals surface area (Å²) >= 11 is 10.1. The monoisotopic (exact) mass is 694 g/mol. The third-order valence-electron chi connectivity index (χ3n) is 9.28. The molecule has 0 nitrogen and oxygen atoms in total. The molecule has 0 spiro atoms. The zero-order valence-corrected chi connectivity index (χ0v) is 31.2. The normalized spacial score (nSPS) is 14.0. The Hall–Kier alpha value is -2.31. The topological polar surface area (TPSA) is 0 Å². The SMILES string of the molecule is Cc1cc2c(cc1C(C)(C)C)-c1cc(C(C)(C)C)c(C)[c]([Zr]([C]3=CC=CC3)=[C](c3ccc(Cl)cc3)c3ccc(Cl)cc3)c1C2. The van der Waals surface area contributed by atoms with Gasteiger partial charge in [0.25, 0.3) is 0 Å². The zero-order valence-electron chi connectivity index (χ0n) is 27.3. The van der Waals surface area contributed by atoms with Gasteiger partial charge in [0.05, 0.1) is 0 Å². The first-order valence-electron chi connectivity index (χ1n) is 15.7. The molecular formula is C41H42Cl2Zr. The number of fused-ring (bicyclic) bond motifs is 3. The third-order valence-corrected chi connectivity index (χ3v) is 17.8. The van der Waals surface area contributed by atoms with Gasteiger partial charge in [0.2, 0.25) is 0 Å².